The molecule has 0 aliphatic carbocycles. The summed E-state index contributed by atoms with van der Waals surface area (Å²) in [6, 6.07) is 24.4. The maximum Gasteiger partial charge on any atom is 0.494 e. The Kier molecular flexibility index (Phi) is 4.31. The number of benzene rings is 3. The molecule has 0 N–H and O–H groups in total. The van der Waals surface area contributed by atoms with Crippen LogP contribution in [-0.2, 0) is 9.31 Å². The Morgan fingerprint density at radius 2 is 1.23 bits per heavy atom. The van der Waals surface area contributed by atoms with Crippen LogP contribution in [0.15, 0.2) is 76.5 Å². The molecule has 0 aromatic heterocycles. The van der Waals surface area contributed by atoms with Gasteiger partial charge in [0, 0.05) is 15.4 Å². The van der Waals surface area contributed by atoms with E-state index in [0.29, 0.717) is 0 Å². The van der Waals surface area contributed by atoms with Crippen LogP contribution < -0.4 is 5.46 Å². The topological polar surface area (TPSA) is 18.5 Å². The Bertz CT molecular complexity index is 1120. The Balaban J connectivity index is 1.55. The Morgan fingerprint density at radius 1 is 0.667 bits per heavy atom. The van der Waals surface area contributed by atoms with Gasteiger partial charge >= 0.3 is 7.12 Å². The Labute approximate surface area is 182 Å². The van der Waals surface area contributed by atoms with E-state index in [1.165, 1.54) is 32.0 Å². The van der Waals surface area contributed by atoms with Crippen LogP contribution in [0.3, 0.4) is 0 Å². The van der Waals surface area contributed by atoms with Gasteiger partial charge in [-0.2, -0.15) is 10.0 Å². The van der Waals surface area contributed by atoms with Crippen molar-refractivity contribution in [3.63, 3.8) is 0 Å². The molecule has 0 bridgehead atoms. The zero-order valence-corrected chi connectivity index (χ0v) is 19.5. The molecule has 2 nitrogen and oxygen atoms in total. The molecule has 2 heterocycles. The Morgan fingerprint density at radius 3 is 1.90 bits per heavy atom. The molecule has 5 rings (SSSR count). The van der Waals surface area contributed by atoms with Gasteiger partial charge in [0.05, 0.1) is 11.2 Å². The van der Waals surface area contributed by atoms with Crippen LogP contribution in [0.25, 0.3) is 22.3 Å². The van der Waals surface area contributed by atoms with Crippen molar-refractivity contribution >= 4 is 22.6 Å². The van der Waals surface area contributed by atoms with Crippen LogP contribution in [0.5, 0.6) is 0 Å². The van der Waals surface area contributed by atoms with Gasteiger partial charge in [-0.05, 0) is 74.5 Å². The fraction of sp³-hybridized carbons (Fsp3) is 0.308. The minimum Gasteiger partial charge on any atom is -0.399 e. The van der Waals surface area contributed by atoms with Crippen LogP contribution in [0.4, 0.5) is 0 Å². The molecule has 0 amide bonds. The van der Waals surface area contributed by atoms with E-state index in [4.69, 9.17) is 9.31 Å². The first-order valence-corrected chi connectivity index (χ1v) is 13.0. The molecule has 4 heteroatoms. The summed E-state index contributed by atoms with van der Waals surface area (Å²) in [6.45, 7) is 8.37. The summed E-state index contributed by atoms with van der Waals surface area (Å²) in [5.41, 5.74) is 5.74. The lowest BCUT2D eigenvalue weighted by Crippen LogP contribution is -2.41. The summed E-state index contributed by atoms with van der Waals surface area (Å²) >= 11 is 0. The highest BCUT2D eigenvalue weighted by atomic mass is 32.3. The van der Waals surface area contributed by atoms with Crippen molar-refractivity contribution in [2.75, 3.05) is 12.5 Å². The van der Waals surface area contributed by atoms with Gasteiger partial charge in [0.2, 0.25) is 0 Å². The van der Waals surface area contributed by atoms with Crippen molar-refractivity contribution in [3.8, 4) is 22.3 Å². The molecule has 0 spiro atoms. The number of hydrogen-bond donors (Lipinski definition) is 0. The van der Waals surface area contributed by atoms with Gasteiger partial charge in [-0.3, -0.25) is 0 Å². The van der Waals surface area contributed by atoms with E-state index in [1.807, 2.05) is 0 Å². The van der Waals surface area contributed by atoms with Gasteiger partial charge < -0.3 is 9.31 Å². The first-order chi connectivity index (χ1) is 14.1. The van der Waals surface area contributed by atoms with Crippen molar-refractivity contribution in [2.45, 2.75) is 48.7 Å². The van der Waals surface area contributed by atoms with Crippen LogP contribution >= 0.6 is 10.0 Å². The van der Waals surface area contributed by atoms with Crippen LogP contribution in [0, 0.1) is 0 Å². The van der Waals surface area contributed by atoms with Gasteiger partial charge in [0.25, 0.3) is 0 Å². The highest BCUT2D eigenvalue weighted by Gasteiger charge is 2.51. The minimum atomic E-state index is -0.983. The molecule has 1 saturated heterocycles. The predicted octanol–water partition coefficient (Wildman–Crippen LogP) is 6.12. The quantitative estimate of drug-likeness (QED) is 0.469. The molecule has 154 valence electrons. The molecular formula is C26H29BO2S. The SMILES string of the molecule is CC1(C)OB(c2ccc(-c3cccc4c3-c3ccccc3S4(C)C)cc2)OC1(C)C. The van der Waals surface area contributed by atoms with E-state index < -0.39 is 10.0 Å². The normalized spacial score (nSPS) is 21.2. The molecule has 0 atom stereocenters. The average molecular weight is 416 g/mol. The predicted molar refractivity (Wildman–Crippen MR) is 129 cm³/mol. The van der Waals surface area contributed by atoms with Crippen LogP contribution in [0.1, 0.15) is 27.7 Å². The molecule has 30 heavy (non-hydrogen) atoms. The van der Waals surface area contributed by atoms with E-state index in [9.17, 15) is 0 Å². The first-order valence-electron chi connectivity index (χ1n) is 10.5. The highest BCUT2D eigenvalue weighted by Crippen LogP contribution is 2.68. The second-order valence-corrected chi connectivity index (χ2v) is 13.2. The van der Waals surface area contributed by atoms with E-state index in [0.717, 1.165) is 5.46 Å². The highest BCUT2D eigenvalue weighted by molar-refractivity contribution is 8.33. The summed E-state index contributed by atoms with van der Waals surface area (Å²) in [6.07, 6.45) is 4.81. The third kappa shape index (κ3) is 2.81. The van der Waals surface area contributed by atoms with Gasteiger partial charge in [-0.15, -0.1) is 0 Å². The zero-order valence-electron chi connectivity index (χ0n) is 18.7. The molecule has 3 aromatic carbocycles. The summed E-state index contributed by atoms with van der Waals surface area (Å²) in [4.78, 5) is 2.97. The molecule has 0 unspecified atom stereocenters. The van der Waals surface area contributed by atoms with Crippen molar-refractivity contribution < 1.29 is 9.31 Å². The zero-order chi connectivity index (χ0) is 21.3. The fourth-order valence-electron chi connectivity index (χ4n) is 4.51. The van der Waals surface area contributed by atoms with Gasteiger partial charge in [0.15, 0.2) is 0 Å². The molecule has 0 saturated carbocycles. The van der Waals surface area contributed by atoms with E-state index in [2.05, 4.69) is 107 Å². The monoisotopic (exact) mass is 416 g/mol. The number of rotatable bonds is 2. The van der Waals surface area contributed by atoms with Crippen molar-refractivity contribution in [2.24, 2.45) is 0 Å². The summed E-state index contributed by atoms with van der Waals surface area (Å²) in [5, 5.41) is 0. The van der Waals surface area contributed by atoms with Gasteiger partial charge in [-0.25, -0.2) is 0 Å². The lowest BCUT2D eigenvalue weighted by Gasteiger charge is -2.32. The Hall–Kier alpha value is -2.01. The van der Waals surface area contributed by atoms with Crippen molar-refractivity contribution in [1.29, 1.82) is 0 Å². The van der Waals surface area contributed by atoms with Gasteiger partial charge in [0.1, 0.15) is 0 Å². The second-order valence-electron chi connectivity index (χ2n) is 9.71. The fourth-order valence-corrected chi connectivity index (χ4v) is 7.03. The van der Waals surface area contributed by atoms with E-state index >= 15 is 0 Å². The van der Waals surface area contributed by atoms with Crippen LogP contribution in [0.2, 0.25) is 0 Å². The first kappa shape index (κ1) is 19.9. The second kappa shape index (κ2) is 6.50. The summed E-state index contributed by atoms with van der Waals surface area (Å²) in [7, 11) is -1.31. The third-order valence-electron chi connectivity index (χ3n) is 7.03. The lowest BCUT2D eigenvalue weighted by atomic mass is 9.78. The molecule has 0 radical (unpaired) electrons. The molecule has 3 aromatic rings. The minimum absolute atomic E-state index is 0.324. The molecule has 1 fully saturated rings. The van der Waals surface area contributed by atoms with E-state index in [-0.39, 0.29) is 18.3 Å². The maximum atomic E-state index is 6.22. The molecular weight excluding hydrogens is 387 g/mol. The number of fused-ring (bicyclic) bond motifs is 3. The van der Waals surface area contributed by atoms with Gasteiger partial charge in [-0.1, -0.05) is 54.6 Å². The van der Waals surface area contributed by atoms with Crippen molar-refractivity contribution in [1.82, 2.24) is 0 Å². The average Bonchev–Trinajstić information content (AvgIpc) is 3.08. The largest absolute Gasteiger partial charge is 0.494 e. The smallest absolute Gasteiger partial charge is 0.399 e. The third-order valence-corrected chi connectivity index (χ3v) is 9.92. The van der Waals surface area contributed by atoms with Crippen LogP contribution in [-0.4, -0.2) is 30.8 Å². The van der Waals surface area contributed by atoms with E-state index in [1.54, 1.807) is 0 Å². The number of hydrogen-bond acceptors (Lipinski definition) is 2. The maximum absolute atomic E-state index is 6.22. The summed E-state index contributed by atoms with van der Waals surface area (Å²) in [5.74, 6) is 0. The van der Waals surface area contributed by atoms with Crippen molar-refractivity contribution in [3.05, 3.63) is 66.7 Å². The summed E-state index contributed by atoms with van der Waals surface area (Å²) < 4.78 is 12.4. The molecule has 2 aliphatic heterocycles. The molecule has 2 aliphatic rings. The lowest BCUT2D eigenvalue weighted by molar-refractivity contribution is 0.00578. The standard InChI is InChI=1S/C26H29BO2S/c1-25(2)26(3,4)29-27(28-25)19-16-14-18(15-17-19)20-11-9-13-23-24(20)21-10-7-8-12-22(21)30(23,5)6/h7-17H,1-6H3.